The minimum Gasteiger partial charge on any atom is -0.378 e. The van der Waals surface area contributed by atoms with E-state index >= 15 is 0 Å². The molecule has 1 fully saturated rings. The molecule has 130 valence electrons. The van der Waals surface area contributed by atoms with Crippen molar-refractivity contribution in [2.24, 2.45) is 0 Å². The summed E-state index contributed by atoms with van der Waals surface area (Å²) in [4.78, 5) is 14.7. The van der Waals surface area contributed by atoms with Crippen molar-refractivity contribution in [3.8, 4) is 0 Å². The van der Waals surface area contributed by atoms with E-state index in [9.17, 15) is 9.18 Å². The van der Waals surface area contributed by atoms with E-state index in [-0.39, 0.29) is 23.8 Å². The van der Waals surface area contributed by atoms with Crippen LogP contribution in [-0.4, -0.2) is 17.4 Å². The molecule has 0 unspecified atom stereocenters. The van der Waals surface area contributed by atoms with Gasteiger partial charge in [0, 0.05) is 24.2 Å². The van der Waals surface area contributed by atoms with Crippen LogP contribution in [0.25, 0.3) is 0 Å². The van der Waals surface area contributed by atoms with Gasteiger partial charge in [-0.15, -0.1) is 0 Å². The van der Waals surface area contributed by atoms with Gasteiger partial charge in [0.2, 0.25) is 5.91 Å². The number of likely N-dealkylation sites (tertiary alicyclic amines) is 1. The number of carbonyl (C=O) groups is 1. The molecule has 2 atom stereocenters. The highest BCUT2D eigenvalue weighted by Gasteiger charge is 2.34. The van der Waals surface area contributed by atoms with Crippen LogP contribution >= 0.6 is 0 Å². The summed E-state index contributed by atoms with van der Waals surface area (Å²) in [7, 11) is 0. The summed E-state index contributed by atoms with van der Waals surface area (Å²) >= 11 is 0. The first kappa shape index (κ1) is 16.1. The average molecular weight is 338 g/mol. The van der Waals surface area contributed by atoms with Crippen LogP contribution in [0.5, 0.6) is 0 Å². The number of fused-ring (bicyclic) bond motifs is 1. The summed E-state index contributed by atoms with van der Waals surface area (Å²) in [5, 5.41) is 3.54. The van der Waals surface area contributed by atoms with Crippen LogP contribution in [0.3, 0.4) is 0 Å². The molecule has 2 aliphatic rings. The van der Waals surface area contributed by atoms with Crippen LogP contribution in [0, 0.1) is 5.82 Å². The second-order valence-corrected chi connectivity index (χ2v) is 6.99. The summed E-state index contributed by atoms with van der Waals surface area (Å²) in [5.41, 5.74) is 3.04. The van der Waals surface area contributed by atoms with E-state index in [2.05, 4.69) is 17.4 Å². The summed E-state index contributed by atoms with van der Waals surface area (Å²) in [6.07, 6.45) is 4.44. The molecule has 2 heterocycles. The largest absolute Gasteiger partial charge is 0.378 e. The normalized spacial score (nSPS) is 23.6. The number of nitrogens with one attached hydrogen (secondary N) is 1. The fourth-order valence-corrected chi connectivity index (χ4v) is 4.07. The number of carbonyl (C=O) groups excluding carboxylic acids is 1. The molecule has 4 heteroatoms. The molecule has 4 rings (SSSR count). The number of rotatable bonds is 2. The van der Waals surface area contributed by atoms with Gasteiger partial charge in [-0.05, 0) is 43.0 Å². The number of hydrogen-bond donors (Lipinski definition) is 1. The quantitative estimate of drug-likeness (QED) is 0.851. The number of anilines is 1. The molecule has 0 aliphatic carbocycles. The third-order valence-electron chi connectivity index (χ3n) is 5.35. The average Bonchev–Trinajstić information content (AvgIpc) is 2.86. The van der Waals surface area contributed by atoms with E-state index in [1.165, 1.54) is 11.6 Å². The van der Waals surface area contributed by atoms with Crippen LogP contribution < -0.4 is 5.32 Å². The first-order chi connectivity index (χ1) is 12.2. The number of hydrogen-bond acceptors (Lipinski definition) is 2. The minimum atomic E-state index is -0.244. The number of amides is 1. The third kappa shape index (κ3) is 3.26. The van der Waals surface area contributed by atoms with Gasteiger partial charge in [-0.3, -0.25) is 4.79 Å². The Morgan fingerprint density at radius 1 is 1.04 bits per heavy atom. The van der Waals surface area contributed by atoms with Gasteiger partial charge in [0.05, 0.1) is 12.1 Å². The lowest BCUT2D eigenvalue weighted by molar-refractivity contribution is -0.133. The smallest absolute Gasteiger partial charge is 0.223 e. The van der Waals surface area contributed by atoms with Gasteiger partial charge in [0.15, 0.2) is 0 Å². The first-order valence-electron chi connectivity index (χ1n) is 9.13. The van der Waals surface area contributed by atoms with E-state index in [0.29, 0.717) is 6.42 Å². The van der Waals surface area contributed by atoms with Crippen LogP contribution in [-0.2, 0) is 4.79 Å². The summed E-state index contributed by atoms with van der Waals surface area (Å²) in [6, 6.07) is 15.2. The first-order valence-corrected chi connectivity index (χ1v) is 9.13. The Balaban J connectivity index is 1.73. The van der Waals surface area contributed by atoms with Crippen LogP contribution in [0.15, 0.2) is 48.5 Å². The molecule has 0 aromatic heterocycles. The predicted molar refractivity (Wildman–Crippen MR) is 96.7 cm³/mol. The van der Waals surface area contributed by atoms with Gasteiger partial charge in [0.25, 0.3) is 0 Å². The highest BCUT2D eigenvalue weighted by Crippen LogP contribution is 2.43. The standard InChI is InChI=1S/C21H23FN2O/c22-16-10-11-18-17(13-16)20(24-12-6-2-5-9-21(24)25)14-19(23-18)15-7-3-1-4-8-15/h1,3-4,7-8,10-11,13,19-20,23H,2,5-6,9,12,14H2/t19-,20-/m0/s1. The fourth-order valence-electron chi connectivity index (χ4n) is 4.07. The molecular formula is C21H23FN2O. The molecule has 0 radical (unpaired) electrons. The Labute approximate surface area is 147 Å². The van der Waals surface area contributed by atoms with Gasteiger partial charge >= 0.3 is 0 Å². The van der Waals surface area contributed by atoms with Crippen LogP contribution in [0.2, 0.25) is 0 Å². The lowest BCUT2D eigenvalue weighted by Gasteiger charge is -2.39. The van der Waals surface area contributed by atoms with E-state index in [0.717, 1.165) is 43.5 Å². The van der Waals surface area contributed by atoms with Crippen molar-refractivity contribution in [1.29, 1.82) is 0 Å². The van der Waals surface area contributed by atoms with Gasteiger partial charge in [-0.1, -0.05) is 36.8 Å². The zero-order valence-electron chi connectivity index (χ0n) is 14.2. The van der Waals surface area contributed by atoms with Crippen molar-refractivity contribution < 1.29 is 9.18 Å². The second kappa shape index (κ2) is 6.87. The highest BCUT2D eigenvalue weighted by molar-refractivity contribution is 5.77. The Hall–Kier alpha value is -2.36. The molecule has 2 aliphatic heterocycles. The second-order valence-electron chi connectivity index (χ2n) is 6.99. The van der Waals surface area contributed by atoms with E-state index in [4.69, 9.17) is 0 Å². The van der Waals surface area contributed by atoms with Crippen molar-refractivity contribution in [1.82, 2.24) is 4.90 Å². The Morgan fingerprint density at radius 2 is 1.88 bits per heavy atom. The van der Waals surface area contributed by atoms with Crippen molar-refractivity contribution in [3.63, 3.8) is 0 Å². The summed E-state index contributed by atoms with van der Waals surface area (Å²) in [6.45, 7) is 0.765. The molecule has 1 N–H and O–H groups in total. The Kier molecular flexibility index (Phi) is 4.43. The maximum Gasteiger partial charge on any atom is 0.223 e. The van der Waals surface area contributed by atoms with Gasteiger partial charge < -0.3 is 10.2 Å². The molecule has 3 nitrogen and oxygen atoms in total. The third-order valence-corrected chi connectivity index (χ3v) is 5.35. The van der Waals surface area contributed by atoms with E-state index in [1.54, 1.807) is 12.1 Å². The van der Waals surface area contributed by atoms with Crippen LogP contribution in [0.1, 0.15) is 55.3 Å². The van der Waals surface area contributed by atoms with E-state index in [1.807, 2.05) is 23.1 Å². The van der Waals surface area contributed by atoms with Gasteiger partial charge in [-0.2, -0.15) is 0 Å². The summed E-state index contributed by atoms with van der Waals surface area (Å²) in [5.74, 6) is -0.0441. The fraction of sp³-hybridized carbons (Fsp3) is 0.381. The predicted octanol–water partition coefficient (Wildman–Crippen LogP) is 4.83. The molecule has 0 spiro atoms. The van der Waals surface area contributed by atoms with E-state index < -0.39 is 0 Å². The minimum absolute atomic E-state index is 0.0669. The molecule has 2 aromatic carbocycles. The van der Waals surface area contributed by atoms with Crippen molar-refractivity contribution in [2.75, 3.05) is 11.9 Å². The maximum absolute atomic E-state index is 13.9. The highest BCUT2D eigenvalue weighted by atomic mass is 19.1. The van der Waals surface area contributed by atoms with Crippen LogP contribution in [0.4, 0.5) is 10.1 Å². The molecular weight excluding hydrogens is 315 g/mol. The summed E-state index contributed by atoms with van der Waals surface area (Å²) < 4.78 is 13.9. The lowest BCUT2D eigenvalue weighted by atomic mass is 9.88. The number of nitrogens with zero attached hydrogens (tertiary/aromatic N) is 1. The molecule has 1 amide bonds. The van der Waals surface area contributed by atoms with Crippen molar-refractivity contribution >= 4 is 11.6 Å². The monoisotopic (exact) mass is 338 g/mol. The SMILES string of the molecule is O=C1CCCCCN1[C@H]1C[C@@H](c2ccccc2)Nc2ccc(F)cc21. The maximum atomic E-state index is 13.9. The zero-order valence-corrected chi connectivity index (χ0v) is 14.2. The lowest BCUT2D eigenvalue weighted by Crippen LogP contribution is -2.38. The molecule has 1 saturated heterocycles. The Bertz CT molecular complexity index is 762. The van der Waals surface area contributed by atoms with Gasteiger partial charge in [0.1, 0.15) is 5.82 Å². The topological polar surface area (TPSA) is 32.3 Å². The molecule has 25 heavy (non-hydrogen) atoms. The molecule has 0 saturated carbocycles. The number of benzene rings is 2. The Morgan fingerprint density at radius 3 is 2.72 bits per heavy atom. The zero-order chi connectivity index (χ0) is 17.2. The molecule has 2 aromatic rings. The van der Waals surface area contributed by atoms with Gasteiger partial charge in [-0.25, -0.2) is 4.39 Å². The van der Waals surface area contributed by atoms with Crippen molar-refractivity contribution in [2.45, 2.75) is 44.2 Å². The molecule has 0 bridgehead atoms. The number of halogens is 1. The van der Waals surface area contributed by atoms with Crippen molar-refractivity contribution in [3.05, 3.63) is 65.5 Å².